The topological polar surface area (TPSA) is 61.3 Å². The fourth-order valence-corrected chi connectivity index (χ4v) is 4.53. The minimum Gasteiger partial charge on any atom is -0.507 e. The van der Waals surface area contributed by atoms with Gasteiger partial charge < -0.3 is 15.3 Å². The van der Waals surface area contributed by atoms with Crippen molar-refractivity contribution in [3.63, 3.8) is 0 Å². The fraction of sp³-hybridized carbons (Fsp3) is 0.524. The first-order valence-corrected chi connectivity index (χ1v) is 9.67. The molecule has 5 heteroatoms. The van der Waals surface area contributed by atoms with E-state index in [0.29, 0.717) is 11.8 Å². The van der Waals surface area contributed by atoms with Crippen molar-refractivity contribution in [1.82, 2.24) is 15.1 Å². The Morgan fingerprint density at radius 1 is 1.12 bits per heavy atom. The van der Waals surface area contributed by atoms with Gasteiger partial charge in [-0.05, 0) is 82.3 Å². The number of aromatic nitrogens is 2. The number of rotatable bonds is 3. The number of hydrogen-bond acceptors (Lipinski definition) is 5. The van der Waals surface area contributed by atoms with E-state index in [4.69, 9.17) is 0 Å². The van der Waals surface area contributed by atoms with Crippen molar-refractivity contribution >= 4 is 5.82 Å². The fourth-order valence-electron chi connectivity index (χ4n) is 4.53. The Bertz CT molecular complexity index is 810. The van der Waals surface area contributed by atoms with E-state index in [1.54, 1.807) is 0 Å². The number of hydrogen-bond donors (Lipinski definition) is 2. The molecule has 1 atom stereocenters. The average Bonchev–Trinajstić information content (AvgIpc) is 3.06. The van der Waals surface area contributed by atoms with Gasteiger partial charge in [0.1, 0.15) is 11.4 Å². The third-order valence-corrected chi connectivity index (χ3v) is 5.70. The lowest BCUT2D eigenvalue weighted by molar-refractivity contribution is 0.260. The molecule has 1 aliphatic heterocycles. The van der Waals surface area contributed by atoms with Crippen LogP contribution in [-0.2, 0) is 12.8 Å². The van der Waals surface area contributed by atoms with Crippen molar-refractivity contribution < 1.29 is 5.11 Å². The summed E-state index contributed by atoms with van der Waals surface area (Å²) in [5.41, 5.74) is 6.37. The van der Waals surface area contributed by atoms with Gasteiger partial charge in [0.15, 0.2) is 5.82 Å². The van der Waals surface area contributed by atoms with Gasteiger partial charge in [0, 0.05) is 23.7 Å². The molecule has 2 aliphatic rings. The summed E-state index contributed by atoms with van der Waals surface area (Å²) in [6.45, 7) is 6.26. The highest BCUT2D eigenvalue weighted by Crippen LogP contribution is 2.39. The lowest BCUT2D eigenvalue weighted by atomic mass is 9.97. The number of likely N-dealkylation sites (tertiary alicyclic amines) is 1. The molecule has 26 heavy (non-hydrogen) atoms. The second-order valence-electron chi connectivity index (χ2n) is 7.93. The minimum absolute atomic E-state index is 0.306. The lowest BCUT2D eigenvalue weighted by Crippen LogP contribution is -2.40. The van der Waals surface area contributed by atoms with Crippen LogP contribution in [0, 0.1) is 13.8 Å². The number of piperidine rings is 1. The summed E-state index contributed by atoms with van der Waals surface area (Å²) in [5, 5.41) is 23.3. The number of nitrogens with one attached hydrogen (secondary N) is 1. The molecule has 1 saturated heterocycles. The first-order chi connectivity index (χ1) is 12.5. The SMILES string of the molecule is Cc1cc(C)c(-c2nnc(NC3CCCN(C)C3)c3c2CCC3)c(O)c1. The van der Waals surface area contributed by atoms with Crippen LogP contribution >= 0.6 is 0 Å². The third kappa shape index (κ3) is 3.16. The van der Waals surface area contributed by atoms with E-state index in [-0.39, 0.29) is 0 Å². The number of phenols is 1. The Morgan fingerprint density at radius 2 is 1.92 bits per heavy atom. The van der Waals surface area contributed by atoms with Crippen molar-refractivity contribution in [2.24, 2.45) is 0 Å². The van der Waals surface area contributed by atoms with Crippen LogP contribution in [0.25, 0.3) is 11.3 Å². The van der Waals surface area contributed by atoms with Crippen LogP contribution in [0.5, 0.6) is 5.75 Å². The molecule has 2 aromatic rings. The summed E-state index contributed by atoms with van der Waals surface area (Å²) in [6.07, 6.45) is 5.57. The average molecular weight is 352 g/mol. The Hall–Kier alpha value is -2.14. The number of likely N-dealkylation sites (N-methyl/N-ethyl adjacent to an activating group) is 1. The van der Waals surface area contributed by atoms with Gasteiger partial charge in [-0.15, -0.1) is 10.2 Å². The van der Waals surface area contributed by atoms with Gasteiger partial charge in [0.2, 0.25) is 0 Å². The zero-order valence-corrected chi connectivity index (χ0v) is 16.0. The van der Waals surface area contributed by atoms with E-state index in [2.05, 4.69) is 33.5 Å². The van der Waals surface area contributed by atoms with Crippen LogP contribution < -0.4 is 5.32 Å². The monoisotopic (exact) mass is 352 g/mol. The normalized spacial score (nSPS) is 20.2. The van der Waals surface area contributed by atoms with Gasteiger partial charge in [0.05, 0.1) is 0 Å². The van der Waals surface area contributed by atoms with Crippen molar-refractivity contribution in [3.05, 3.63) is 34.4 Å². The number of anilines is 1. The molecule has 0 amide bonds. The molecule has 2 heterocycles. The molecule has 1 aromatic heterocycles. The van der Waals surface area contributed by atoms with Crippen molar-refractivity contribution in [3.8, 4) is 17.0 Å². The van der Waals surface area contributed by atoms with Crippen LogP contribution in [-0.4, -0.2) is 46.4 Å². The molecule has 1 aliphatic carbocycles. The van der Waals surface area contributed by atoms with Crippen molar-refractivity contribution in [2.45, 2.75) is 52.0 Å². The molecule has 0 radical (unpaired) electrons. The number of aryl methyl sites for hydroxylation is 2. The first-order valence-electron chi connectivity index (χ1n) is 9.67. The maximum absolute atomic E-state index is 10.5. The molecule has 2 N–H and O–H groups in total. The highest BCUT2D eigenvalue weighted by atomic mass is 16.3. The van der Waals surface area contributed by atoms with Gasteiger partial charge in [-0.25, -0.2) is 0 Å². The number of nitrogens with zero attached hydrogens (tertiary/aromatic N) is 3. The van der Waals surface area contributed by atoms with E-state index in [1.165, 1.54) is 30.5 Å². The predicted octanol–water partition coefficient (Wildman–Crippen LogP) is 3.46. The summed E-state index contributed by atoms with van der Waals surface area (Å²) in [5.74, 6) is 1.26. The van der Waals surface area contributed by atoms with E-state index in [1.807, 2.05) is 19.9 Å². The number of fused-ring (bicyclic) bond motifs is 1. The molecule has 5 nitrogen and oxygen atoms in total. The number of phenolic OH excluding ortho intramolecular Hbond substituents is 1. The maximum atomic E-state index is 10.5. The molecule has 1 unspecified atom stereocenters. The van der Waals surface area contributed by atoms with E-state index in [0.717, 1.165) is 54.0 Å². The van der Waals surface area contributed by atoms with Crippen LogP contribution in [0.1, 0.15) is 41.5 Å². The Balaban J connectivity index is 1.71. The molecule has 1 fully saturated rings. The summed E-state index contributed by atoms with van der Waals surface area (Å²) in [4.78, 5) is 2.37. The number of aromatic hydroxyl groups is 1. The van der Waals surface area contributed by atoms with Crippen LogP contribution in [0.3, 0.4) is 0 Å². The van der Waals surface area contributed by atoms with Crippen molar-refractivity contribution in [1.29, 1.82) is 0 Å². The number of benzene rings is 1. The molecule has 0 bridgehead atoms. The second kappa shape index (κ2) is 6.88. The standard InChI is InChI=1S/C21H28N4O/c1-13-10-14(2)19(18(26)11-13)20-16-7-4-8-17(16)21(24-23-20)22-15-6-5-9-25(3)12-15/h10-11,15,26H,4-9,12H2,1-3H3,(H,22,24). The van der Waals surface area contributed by atoms with E-state index < -0.39 is 0 Å². The molecule has 138 valence electrons. The Morgan fingerprint density at radius 3 is 2.69 bits per heavy atom. The van der Waals surface area contributed by atoms with E-state index in [9.17, 15) is 5.11 Å². The molecule has 4 rings (SSSR count). The molecular formula is C21H28N4O. The summed E-state index contributed by atoms with van der Waals surface area (Å²) < 4.78 is 0. The summed E-state index contributed by atoms with van der Waals surface area (Å²) in [7, 11) is 2.18. The molecule has 1 aromatic carbocycles. The lowest BCUT2D eigenvalue weighted by Gasteiger charge is -2.31. The molecule has 0 spiro atoms. The quantitative estimate of drug-likeness (QED) is 0.886. The Labute approximate surface area is 155 Å². The summed E-state index contributed by atoms with van der Waals surface area (Å²) in [6, 6.07) is 4.35. The summed E-state index contributed by atoms with van der Waals surface area (Å²) >= 11 is 0. The van der Waals surface area contributed by atoms with Gasteiger partial charge in [0.25, 0.3) is 0 Å². The largest absolute Gasteiger partial charge is 0.507 e. The third-order valence-electron chi connectivity index (χ3n) is 5.70. The predicted molar refractivity (Wildman–Crippen MR) is 105 cm³/mol. The Kier molecular flexibility index (Phi) is 4.57. The zero-order chi connectivity index (χ0) is 18.3. The molecular weight excluding hydrogens is 324 g/mol. The second-order valence-corrected chi connectivity index (χ2v) is 7.93. The smallest absolute Gasteiger partial charge is 0.152 e. The van der Waals surface area contributed by atoms with Gasteiger partial charge in [-0.1, -0.05) is 6.07 Å². The highest BCUT2D eigenvalue weighted by molar-refractivity contribution is 5.76. The van der Waals surface area contributed by atoms with Crippen LogP contribution in [0.15, 0.2) is 12.1 Å². The maximum Gasteiger partial charge on any atom is 0.152 e. The first kappa shape index (κ1) is 17.3. The van der Waals surface area contributed by atoms with Gasteiger partial charge in [-0.3, -0.25) is 0 Å². The van der Waals surface area contributed by atoms with Gasteiger partial charge in [-0.2, -0.15) is 0 Å². The van der Waals surface area contributed by atoms with Crippen LogP contribution in [0.2, 0.25) is 0 Å². The van der Waals surface area contributed by atoms with Gasteiger partial charge >= 0.3 is 0 Å². The van der Waals surface area contributed by atoms with E-state index >= 15 is 0 Å². The minimum atomic E-state index is 0.306. The highest BCUT2D eigenvalue weighted by Gasteiger charge is 2.26. The zero-order valence-electron chi connectivity index (χ0n) is 16.0. The van der Waals surface area contributed by atoms with Crippen LogP contribution in [0.4, 0.5) is 5.82 Å². The molecule has 0 saturated carbocycles. The van der Waals surface area contributed by atoms with Crippen molar-refractivity contribution in [2.75, 3.05) is 25.5 Å².